The first-order valence-electron chi connectivity index (χ1n) is 10.9. The highest BCUT2D eigenvalue weighted by atomic mass is 16.5. The first-order chi connectivity index (χ1) is 15.2. The molecular formula is C25H30N2O4. The zero-order valence-corrected chi connectivity index (χ0v) is 18.2. The van der Waals surface area contributed by atoms with Crippen LogP contribution in [0.1, 0.15) is 36.4 Å². The monoisotopic (exact) mass is 422 g/mol. The molecule has 2 heterocycles. The Bertz CT molecular complexity index is 1060. The second-order valence-electron chi connectivity index (χ2n) is 7.97. The molecule has 31 heavy (non-hydrogen) atoms. The molecule has 0 spiro atoms. The van der Waals surface area contributed by atoms with Crippen LogP contribution in [0.2, 0.25) is 0 Å². The molecule has 6 nitrogen and oxygen atoms in total. The molecule has 0 saturated carbocycles. The zero-order chi connectivity index (χ0) is 21.6. The topological polar surface area (TPSA) is 63.9 Å². The van der Waals surface area contributed by atoms with Gasteiger partial charge in [0, 0.05) is 36.7 Å². The van der Waals surface area contributed by atoms with Gasteiger partial charge in [-0.1, -0.05) is 18.6 Å². The number of methoxy groups -OCH3 is 2. The number of hydrogen-bond acceptors (Lipinski definition) is 6. The summed E-state index contributed by atoms with van der Waals surface area (Å²) in [5.74, 6) is 1.54. The van der Waals surface area contributed by atoms with Gasteiger partial charge in [-0.05, 0) is 61.3 Å². The lowest BCUT2D eigenvalue weighted by Crippen LogP contribution is -2.39. The number of piperidine rings is 1. The van der Waals surface area contributed by atoms with Crippen molar-refractivity contribution in [1.82, 2.24) is 10.2 Å². The number of nitrogens with zero attached hydrogens (tertiary/aromatic N) is 1. The molecule has 1 N–H and O–H groups in total. The van der Waals surface area contributed by atoms with E-state index in [9.17, 15) is 4.79 Å². The largest absolute Gasteiger partial charge is 0.497 e. The predicted molar refractivity (Wildman–Crippen MR) is 122 cm³/mol. The normalized spacial score (nSPS) is 15.7. The van der Waals surface area contributed by atoms with Gasteiger partial charge in [-0.25, -0.2) is 4.79 Å². The number of fused-ring (bicyclic) bond motifs is 1. The molecule has 0 aliphatic carbocycles. The van der Waals surface area contributed by atoms with Gasteiger partial charge in [-0.3, -0.25) is 4.90 Å². The summed E-state index contributed by atoms with van der Waals surface area (Å²) in [6.07, 6.45) is 3.77. The summed E-state index contributed by atoms with van der Waals surface area (Å²) in [4.78, 5) is 14.6. The van der Waals surface area contributed by atoms with Crippen molar-refractivity contribution in [1.29, 1.82) is 0 Å². The summed E-state index contributed by atoms with van der Waals surface area (Å²) >= 11 is 0. The predicted octanol–water partition coefficient (Wildman–Crippen LogP) is 4.13. The zero-order valence-electron chi connectivity index (χ0n) is 18.2. The minimum Gasteiger partial charge on any atom is -0.497 e. The van der Waals surface area contributed by atoms with Crippen LogP contribution in [0.25, 0.3) is 11.0 Å². The molecule has 0 amide bonds. The number of hydrogen-bond donors (Lipinski definition) is 1. The van der Waals surface area contributed by atoms with E-state index in [2.05, 4.69) is 22.3 Å². The highest BCUT2D eigenvalue weighted by Gasteiger charge is 2.22. The molecule has 1 aliphatic heterocycles. The van der Waals surface area contributed by atoms with E-state index in [1.54, 1.807) is 26.4 Å². The highest BCUT2D eigenvalue weighted by Crippen LogP contribution is 2.27. The molecule has 4 rings (SSSR count). The molecule has 1 saturated heterocycles. The quantitative estimate of drug-likeness (QED) is 0.551. The van der Waals surface area contributed by atoms with Crippen molar-refractivity contribution in [2.24, 2.45) is 0 Å². The van der Waals surface area contributed by atoms with E-state index < -0.39 is 0 Å². The molecule has 3 aromatic rings. The van der Waals surface area contributed by atoms with Gasteiger partial charge in [0.1, 0.15) is 17.1 Å². The van der Waals surface area contributed by atoms with Crippen molar-refractivity contribution >= 4 is 11.0 Å². The van der Waals surface area contributed by atoms with E-state index in [0.717, 1.165) is 36.3 Å². The van der Waals surface area contributed by atoms with E-state index in [-0.39, 0.29) is 11.7 Å². The third-order valence-electron chi connectivity index (χ3n) is 6.02. The Kier molecular flexibility index (Phi) is 6.89. The van der Waals surface area contributed by atoms with Crippen LogP contribution in [0.3, 0.4) is 0 Å². The van der Waals surface area contributed by atoms with E-state index >= 15 is 0 Å². The van der Waals surface area contributed by atoms with Crippen molar-refractivity contribution < 1.29 is 13.9 Å². The average Bonchev–Trinajstić information content (AvgIpc) is 2.82. The van der Waals surface area contributed by atoms with Crippen LogP contribution in [0.5, 0.6) is 11.5 Å². The van der Waals surface area contributed by atoms with Crippen molar-refractivity contribution in [2.45, 2.75) is 31.8 Å². The van der Waals surface area contributed by atoms with Crippen LogP contribution in [0, 0.1) is 0 Å². The second-order valence-corrected chi connectivity index (χ2v) is 7.97. The van der Waals surface area contributed by atoms with Crippen molar-refractivity contribution in [2.75, 3.05) is 33.9 Å². The van der Waals surface area contributed by atoms with Crippen LogP contribution in [0.4, 0.5) is 0 Å². The third kappa shape index (κ3) is 5.09. The number of nitrogens with one attached hydrogen (secondary N) is 1. The maximum atomic E-state index is 12.1. The van der Waals surface area contributed by atoms with Gasteiger partial charge in [0.15, 0.2) is 0 Å². The molecule has 0 bridgehead atoms. The first kappa shape index (κ1) is 21.4. The van der Waals surface area contributed by atoms with E-state index in [1.807, 2.05) is 24.3 Å². The van der Waals surface area contributed by atoms with Gasteiger partial charge in [-0.2, -0.15) is 0 Å². The van der Waals surface area contributed by atoms with E-state index in [1.165, 1.54) is 24.8 Å². The average molecular weight is 423 g/mol. The standard InChI is InChI=1S/C25H30N2O4/c1-29-20-8-6-18(7-9-20)23(27-12-4-3-5-13-27)17-26-16-19-14-25(28)31-24-15-21(30-2)10-11-22(19)24/h6-11,14-15,23,26H,3-5,12-13,16-17H2,1-2H3/t23-/m1/s1. The Morgan fingerprint density at radius 1 is 0.968 bits per heavy atom. The summed E-state index contributed by atoms with van der Waals surface area (Å²) < 4.78 is 16.0. The maximum absolute atomic E-state index is 12.1. The van der Waals surface area contributed by atoms with Crippen LogP contribution >= 0.6 is 0 Å². The van der Waals surface area contributed by atoms with Crippen LogP contribution in [-0.4, -0.2) is 38.8 Å². The summed E-state index contributed by atoms with van der Waals surface area (Å²) in [5.41, 5.74) is 2.41. The number of likely N-dealkylation sites (tertiary alicyclic amines) is 1. The molecule has 164 valence electrons. The number of ether oxygens (including phenoxy) is 2. The lowest BCUT2D eigenvalue weighted by atomic mass is 10.0. The molecular weight excluding hydrogens is 392 g/mol. The van der Waals surface area contributed by atoms with Gasteiger partial charge >= 0.3 is 5.63 Å². The lowest BCUT2D eigenvalue weighted by molar-refractivity contribution is 0.160. The van der Waals surface area contributed by atoms with Gasteiger partial charge in [-0.15, -0.1) is 0 Å². The number of benzene rings is 2. The Morgan fingerprint density at radius 3 is 2.39 bits per heavy atom. The Balaban J connectivity index is 1.52. The molecule has 0 radical (unpaired) electrons. The Labute approximate surface area is 182 Å². The highest BCUT2D eigenvalue weighted by molar-refractivity contribution is 5.81. The van der Waals surface area contributed by atoms with Gasteiger partial charge in [0.2, 0.25) is 0 Å². The molecule has 1 aliphatic rings. The molecule has 2 aromatic carbocycles. The van der Waals surface area contributed by atoms with Crippen molar-refractivity contribution in [3.63, 3.8) is 0 Å². The van der Waals surface area contributed by atoms with Crippen LogP contribution in [-0.2, 0) is 6.54 Å². The Hall–Kier alpha value is -2.83. The van der Waals surface area contributed by atoms with Gasteiger partial charge in [0.05, 0.1) is 14.2 Å². The number of rotatable bonds is 8. The molecule has 0 unspecified atom stereocenters. The second kappa shape index (κ2) is 9.98. The molecule has 1 fully saturated rings. The fourth-order valence-corrected chi connectivity index (χ4v) is 4.34. The van der Waals surface area contributed by atoms with Gasteiger partial charge in [0.25, 0.3) is 0 Å². The van der Waals surface area contributed by atoms with Crippen LogP contribution in [0.15, 0.2) is 57.7 Å². The van der Waals surface area contributed by atoms with Gasteiger partial charge < -0.3 is 19.2 Å². The fourth-order valence-electron chi connectivity index (χ4n) is 4.34. The summed E-state index contributed by atoms with van der Waals surface area (Å²) in [6, 6.07) is 15.8. The summed E-state index contributed by atoms with van der Waals surface area (Å²) in [7, 11) is 3.29. The minimum atomic E-state index is -0.347. The van der Waals surface area contributed by atoms with E-state index in [4.69, 9.17) is 13.9 Å². The molecule has 1 aromatic heterocycles. The van der Waals surface area contributed by atoms with Crippen LogP contribution < -0.4 is 20.4 Å². The first-order valence-corrected chi connectivity index (χ1v) is 10.9. The third-order valence-corrected chi connectivity index (χ3v) is 6.02. The maximum Gasteiger partial charge on any atom is 0.336 e. The minimum absolute atomic E-state index is 0.276. The van der Waals surface area contributed by atoms with Crippen molar-refractivity contribution in [3.8, 4) is 11.5 Å². The summed E-state index contributed by atoms with van der Waals surface area (Å²) in [6.45, 7) is 3.60. The van der Waals surface area contributed by atoms with Crippen molar-refractivity contribution in [3.05, 3.63) is 70.1 Å². The smallest absolute Gasteiger partial charge is 0.336 e. The molecule has 1 atom stereocenters. The Morgan fingerprint density at radius 2 is 1.68 bits per heavy atom. The summed E-state index contributed by atoms with van der Waals surface area (Å²) in [5, 5.41) is 4.51. The lowest BCUT2D eigenvalue weighted by Gasteiger charge is -2.35. The fraction of sp³-hybridized carbons (Fsp3) is 0.400. The SMILES string of the molecule is COc1ccc([C@@H](CNCc2cc(=O)oc3cc(OC)ccc23)N2CCCCC2)cc1. The van der Waals surface area contributed by atoms with E-state index in [0.29, 0.717) is 17.9 Å². The molecule has 6 heteroatoms.